The van der Waals surface area contributed by atoms with Gasteiger partial charge in [0.25, 0.3) is 0 Å². The first kappa shape index (κ1) is 15.4. The minimum absolute atomic E-state index is 0.0276. The first-order chi connectivity index (χ1) is 7.95. The van der Waals surface area contributed by atoms with Crippen LogP contribution in [0.15, 0.2) is 0 Å². The summed E-state index contributed by atoms with van der Waals surface area (Å²) < 4.78 is 0. The van der Waals surface area contributed by atoms with Crippen molar-refractivity contribution in [2.75, 3.05) is 11.5 Å². The van der Waals surface area contributed by atoms with Crippen LogP contribution in [0.3, 0.4) is 0 Å². The molecular formula is C15H30OS. The molecule has 1 N–H and O–H groups in total. The second-order valence-electron chi connectivity index (χ2n) is 6.54. The molecule has 102 valence electrons. The minimum Gasteiger partial charge on any atom is -0.393 e. The van der Waals surface area contributed by atoms with E-state index < -0.39 is 0 Å². The second-order valence-corrected chi connectivity index (χ2v) is 7.94. The van der Waals surface area contributed by atoms with Crippen molar-refractivity contribution < 1.29 is 5.11 Å². The molecule has 0 aliphatic heterocycles. The van der Waals surface area contributed by atoms with Crippen LogP contribution in [0.25, 0.3) is 0 Å². The van der Waals surface area contributed by atoms with Crippen LogP contribution < -0.4 is 0 Å². The Bertz CT molecular complexity index is 209. The summed E-state index contributed by atoms with van der Waals surface area (Å²) >= 11 is 2.02. The molecule has 1 rings (SSSR count). The molecule has 1 saturated carbocycles. The van der Waals surface area contributed by atoms with Gasteiger partial charge in [-0.2, -0.15) is 11.8 Å². The molecule has 0 aromatic carbocycles. The quantitative estimate of drug-likeness (QED) is 0.740. The highest BCUT2D eigenvalue weighted by atomic mass is 32.2. The van der Waals surface area contributed by atoms with Crippen molar-refractivity contribution in [3.8, 4) is 0 Å². The van der Waals surface area contributed by atoms with E-state index in [0.29, 0.717) is 11.3 Å². The summed E-state index contributed by atoms with van der Waals surface area (Å²) in [5, 5.41) is 10.1. The van der Waals surface area contributed by atoms with Gasteiger partial charge >= 0.3 is 0 Å². The SMILES string of the molecule is CCSCCCC1CC(C(C)(C)C)CCC1O. The molecule has 0 aromatic heterocycles. The number of aliphatic hydroxyl groups is 1. The Morgan fingerprint density at radius 1 is 1.24 bits per heavy atom. The van der Waals surface area contributed by atoms with Crippen LogP contribution in [0.5, 0.6) is 0 Å². The molecule has 0 spiro atoms. The topological polar surface area (TPSA) is 20.2 Å². The maximum atomic E-state index is 10.1. The first-order valence-corrected chi connectivity index (χ1v) is 8.36. The molecule has 2 heteroatoms. The molecule has 0 radical (unpaired) electrons. The zero-order chi connectivity index (χ0) is 12.9. The van der Waals surface area contributed by atoms with E-state index in [1.807, 2.05) is 11.8 Å². The van der Waals surface area contributed by atoms with E-state index in [4.69, 9.17) is 0 Å². The number of rotatable bonds is 5. The van der Waals surface area contributed by atoms with E-state index in [0.717, 1.165) is 12.3 Å². The molecule has 1 aliphatic carbocycles. The summed E-state index contributed by atoms with van der Waals surface area (Å²) in [6, 6.07) is 0. The van der Waals surface area contributed by atoms with Gasteiger partial charge in [-0.15, -0.1) is 0 Å². The zero-order valence-electron chi connectivity index (χ0n) is 12.0. The van der Waals surface area contributed by atoms with Crippen molar-refractivity contribution in [3.63, 3.8) is 0 Å². The summed E-state index contributed by atoms with van der Waals surface area (Å²) in [6.45, 7) is 9.26. The van der Waals surface area contributed by atoms with Gasteiger partial charge in [-0.05, 0) is 60.9 Å². The minimum atomic E-state index is -0.0276. The van der Waals surface area contributed by atoms with Crippen molar-refractivity contribution in [3.05, 3.63) is 0 Å². The van der Waals surface area contributed by atoms with Crippen molar-refractivity contribution in [2.45, 2.75) is 65.9 Å². The Morgan fingerprint density at radius 2 is 1.94 bits per heavy atom. The highest BCUT2D eigenvalue weighted by Gasteiger charge is 2.34. The fourth-order valence-corrected chi connectivity index (χ4v) is 3.60. The van der Waals surface area contributed by atoms with Gasteiger partial charge in [0.15, 0.2) is 0 Å². The van der Waals surface area contributed by atoms with Gasteiger partial charge in [0.2, 0.25) is 0 Å². The molecule has 3 atom stereocenters. The largest absolute Gasteiger partial charge is 0.393 e. The third-order valence-corrected chi connectivity index (χ3v) is 5.22. The van der Waals surface area contributed by atoms with Crippen molar-refractivity contribution in [2.24, 2.45) is 17.3 Å². The Kier molecular flexibility index (Phi) is 6.36. The van der Waals surface area contributed by atoms with E-state index in [1.54, 1.807) is 0 Å². The predicted octanol–water partition coefficient (Wildman–Crippen LogP) is 4.34. The average molecular weight is 258 g/mol. The Labute approximate surface area is 112 Å². The molecule has 17 heavy (non-hydrogen) atoms. The number of thioether (sulfide) groups is 1. The average Bonchev–Trinajstić information content (AvgIpc) is 2.25. The maximum Gasteiger partial charge on any atom is 0.0568 e. The van der Waals surface area contributed by atoms with E-state index in [-0.39, 0.29) is 6.10 Å². The maximum absolute atomic E-state index is 10.1. The second kappa shape index (κ2) is 7.04. The lowest BCUT2D eigenvalue weighted by atomic mass is 9.67. The predicted molar refractivity (Wildman–Crippen MR) is 78.5 cm³/mol. The van der Waals surface area contributed by atoms with Gasteiger partial charge in [-0.3, -0.25) is 0 Å². The zero-order valence-corrected chi connectivity index (χ0v) is 12.9. The molecule has 0 heterocycles. The summed E-state index contributed by atoms with van der Waals surface area (Å²) in [6.07, 6.45) is 5.94. The highest BCUT2D eigenvalue weighted by Crippen LogP contribution is 2.41. The highest BCUT2D eigenvalue weighted by molar-refractivity contribution is 7.99. The molecule has 3 unspecified atom stereocenters. The van der Waals surface area contributed by atoms with Crippen molar-refractivity contribution in [1.82, 2.24) is 0 Å². The molecule has 0 aromatic rings. The van der Waals surface area contributed by atoms with Crippen LogP contribution in [0.1, 0.15) is 59.8 Å². The van der Waals surface area contributed by atoms with Gasteiger partial charge < -0.3 is 5.11 Å². The van der Waals surface area contributed by atoms with E-state index in [2.05, 4.69) is 27.7 Å². The van der Waals surface area contributed by atoms with E-state index in [9.17, 15) is 5.11 Å². The fraction of sp³-hybridized carbons (Fsp3) is 1.00. The molecule has 1 fully saturated rings. The summed E-state index contributed by atoms with van der Waals surface area (Å²) in [5.74, 6) is 3.85. The molecular weight excluding hydrogens is 228 g/mol. The molecule has 1 aliphatic rings. The van der Waals surface area contributed by atoms with Crippen LogP contribution in [0.4, 0.5) is 0 Å². The van der Waals surface area contributed by atoms with Gasteiger partial charge in [0.05, 0.1) is 6.10 Å². The lowest BCUT2D eigenvalue weighted by Gasteiger charge is -2.40. The Morgan fingerprint density at radius 3 is 2.53 bits per heavy atom. The summed E-state index contributed by atoms with van der Waals surface area (Å²) in [5.41, 5.74) is 0.413. The van der Waals surface area contributed by atoms with Crippen LogP contribution in [-0.2, 0) is 0 Å². The standard InChI is InChI=1S/C15H30OS/c1-5-17-10-6-7-12-11-13(15(2,3)4)8-9-14(12)16/h12-14,16H,5-11H2,1-4H3. The van der Waals surface area contributed by atoms with Crippen LogP contribution in [0, 0.1) is 17.3 Å². The van der Waals surface area contributed by atoms with Crippen LogP contribution in [0.2, 0.25) is 0 Å². The molecule has 0 saturated heterocycles. The first-order valence-electron chi connectivity index (χ1n) is 7.21. The van der Waals surface area contributed by atoms with Gasteiger partial charge in [0, 0.05) is 0 Å². The Hall–Kier alpha value is 0.310. The Balaban J connectivity index is 2.36. The fourth-order valence-electron chi connectivity index (χ4n) is 2.94. The van der Waals surface area contributed by atoms with Gasteiger partial charge in [0.1, 0.15) is 0 Å². The van der Waals surface area contributed by atoms with E-state index in [1.165, 1.54) is 37.2 Å². The number of aliphatic hydroxyl groups excluding tert-OH is 1. The van der Waals surface area contributed by atoms with Gasteiger partial charge in [-0.1, -0.05) is 27.7 Å². The van der Waals surface area contributed by atoms with Crippen LogP contribution in [-0.4, -0.2) is 22.7 Å². The third kappa shape index (κ3) is 5.21. The smallest absolute Gasteiger partial charge is 0.0568 e. The summed E-state index contributed by atoms with van der Waals surface area (Å²) in [4.78, 5) is 0. The van der Waals surface area contributed by atoms with Gasteiger partial charge in [-0.25, -0.2) is 0 Å². The normalized spacial score (nSPS) is 30.5. The molecule has 0 amide bonds. The lowest BCUT2D eigenvalue weighted by Crippen LogP contribution is -2.34. The number of hydrogen-bond donors (Lipinski definition) is 1. The third-order valence-electron chi connectivity index (χ3n) is 4.23. The molecule has 0 bridgehead atoms. The summed E-state index contributed by atoms with van der Waals surface area (Å²) in [7, 11) is 0. The molecule has 1 nitrogen and oxygen atoms in total. The van der Waals surface area contributed by atoms with Crippen molar-refractivity contribution >= 4 is 11.8 Å². The van der Waals surface area contributed by atoms with Crippen LogP contribution >= 0.6 is 11.8 Å². The number of hydrogen-bond acceptors (Lipinski definition) is 2. The monoisotopic (exact) mass is 258 g/mol. The lowest BCUT2D eigenvalue weighted by molar-refractivity contribution is 0.0157. The van der Waals surface area contributed by atoms with E-state index >= 15 is 0 Å². The van der Waals surface area contributed by atoms with Crippen molar-refractivity contribution in [1.29, 1.82) is 0 Å².